The van der Waals surface area contributed by atoms with Crippen LogP contribution in [0.5, 0.6) is 0 Å². The molecule has 1 amide bonds. The van der Waals surface area contributed by atoms with Gasteiger partial charge in [-0.05, 0) is 67.1 Å². The third kappa shape index (κ3) is 3.47. The highest BCUT2D eigenvalue weighted by Crippen LogP contribution is 2.36. The lowest BCUT2D eigenvalue weighted by molar-refractivity contribution is 0.0702. The number of anilines is 1. The molecule has 2 aliphatic rings. The lowest BCUT2D eigenvalue weighted by atomic mass is 9.91. The van der Waals surface area contributed by atoms with Gasteiger partial charge in [-0.1, -0.05) is 23.7 Å². The van der Waals surface area contributed by atoms with Gasteiger partial charge in [-0.15, -0.1) is 11.3 Å². The van der Waals surface area contributed by atoms with Crippen LogP contribution in [0.25, 0.3) is 10.4 Å². The Morgan fingerprint density at radius 3 is 2.43 bits per heavy atom. The molecule has 1 aromatic heterocycles. The van der Waals surface area contributed by atoms with Crippen molar-refractivity contribution in [2.24, 2.45) is 5.92 Å². The van der Waals surface area contributed by atoms with E-state index in [9.17, 15) is 9.59 Å². The molecule has 152 valence electrons. The maximum atomic E-state index is 13.2. The lowest BCUT2D eigenvalue weighted by Gasteiger charge is -2.35. The number of ketones is 1. The molecule has 2 aliphatic heterocycles. The van der Waals surface area contributed by atoms with Gasteiger partial charge >= 0.3 is 0 Å². The maximum Gasteiger partial charge on any atom is 0.268 e. The van der Waals surface area contributed by atoms with Crippen molar-refractivity contribution in [1.29, 1.82) is 0 Å². The van der Waals surface area contributed by atoms with Gasteiger partial charge in [0, 0.05) is 46.7 Å². The molecule has 0 aliphatic carbocycles. The SMILES string of the molecule is CN1CC(C(=O)c2ccc(N3CCc4cc(-c5ccc(Cl)cc5)sc4C3=O)cc2)C1. The van der Waals surface area contributed by atoms with E-state index in [1.807, 2.05) is 60.5 Å². The van der Waals surface area contributed by atoms with E-state index in [1.165, 1.54) is 11.3 Å². The molecule has 0 atom stereocenters. The molecule has 0 radical (unpaired) electrons. The molecule has 6 heteroatoms. The fraction of sp³-hybridized carbons (Fsp3) is 0.250. The Morgan fingerprint density at radius 1 is 1.07 bits per heavy atom. The van der Waals surface area contributed by atoms with E-state index < -0.39 is 0 Å². The quantitative estimate of drug-likeness (QED) is 0.539. The van der Waals surface area contributed by atoms with Crippen molar-refractivity contribution >= 4 is 40.3 Å². The number of nitrogens with zero attached hydrogens (tertiary/aromatic N) is 2. The van der Waals surface area contributed by atoms with Crippen molar-refractivity contribution < 1.29 is 9.59 Å². The van der Waals surface area contributed by atoms with E-state index in [4.69, 9.17) is 11.6 Å². The summed E-state index contributed by atoms with van der Waals surface area (Å²) in [5.41, 5.74) is 3.74. The first-order valence-corrected chi connectivity index (χ1v) is 11.2. The molecule has 30 heavy (non-hydrogen) atoms. The first-order valence-electron chi connectivity index (χ1n) is 10.0. The highest BCUT2D eigenvalue weighted by molar-refractivity contribution is 7.17. The highest BCUT2D eigenvalue weighted by Gasteiger charge is 2.31. The van der Waals surface area contributed by atoms with E-state index in [0.29, 0.717) is 11.6 Å². The first kappa shape index (κ1) is 19.5. The fourth-order valence-electron chi connectivity index (χ4n) is 4.16. The zero-order valence-electron chi connectivity index (χ0n) is 16.6. The van der Waals surface area contributed by atoms with Crippen LogP contribution in [0.15, 0.2) is 54.6 Å². The van der Waals surface area contributed by atoms with Crippen LogP contribution in [0, 0.1) is 5.92 Å². The van der Waals surface area contributed by atoms with Crippen molar-refractivity contribution in [3.8, 4) is 10.4 Å². The summed E-state index contributed by atoms with van der Waals surface area (Å²) in [5, 5.41) is 0.702. The number of hydrogen-bond acceptors (Lipinski definition) is 4. The predicted octanol–water partition coefficient (Wildman–Crippen LogP) is 5.02. The molecule has 5 rings (SSSR count). The molecule has 3 heterocycles. The largest absolute Gasteiger partial charge is 0.307 e. The number of Topliss-reactive ketones (excluding diaryl/α,β-unsaturated/α-hetero) is 1. The number of hydrogen-bond donors (Lipinski definition) is 0. The number of benzene rings is 2. The van der Waals surface area contributed by atoms with Crippen LogP contribution in [-0.4, -0.2) is 43.3 Å². The van der Waals surface area contributed by atoms with E-state index in [1.54, 1.807) is 0 Å². The van der Waals surface area contributed by atoms with Crippen LogP contribution in [0.1, 0.15) is 25.6 Å². The topological polar surface area (TPSA) is 40.6 Å². The molecular weight excluding hydrogens is 416 g/mol. The molecule has 1 saturated heterocycles. The zero-order valence-corrected chi connectivity index (χ0v) is 18.2. The van der Waals surface area contributed by atoms with Gasteiger partial charge in [-0.2, -0.15) is 0 Å². The van der Waals surface area contributed by atoms with Crippen molar-refractivity contribution in [3.05, 3.63) is 75.6 Å². The number of rotatable bonds is 4. The normalized spacial score (nSPS) is 17.0. The number of carbonyl (C=O) groups is 2. The molecule has 0 spiro atoms. The van der Waals surface area contributed by atoms with Gasteiger partial charge in [0.1, 0.15) is 0 Å². The van der Waals surface area contributed by atoms with Crippen LogP contribution in [-0.2, 0) is 6.42 Å². The van der Waals surface area contributed by atoms with Crippen LogP contribution in [0.2, 0.25) is 5.02 Å². The summed E-state index contributed by atoms with van der Waals surface area (Å²) < 4.78 is 0. The molecule has 3 aromatic rings. The Labute approximate surface area is 184 Å². The summed E-state index contributed by atoms with van der Waals surface area (Å²) in [5.74, 6) is 0.316. The number of likely N-dealkylation sites (tertiary alicyclic amines) is 1. The molecule has 1 fully saturated rings. The number of halogens is 1. The Hall–Kier alpha value is -2.47. The second kappa shape index (κ2) is 7.65. The van der Waals surface area contributed by atoms with Crippen molar-refractivity contribution in [2.75, 3.05) is 31.6 Å². The van der Waals surface area contributed by atoms with Gasteiger partial charge in [-0.25, -0.2) is 0 Å². The lowest BCUT2D eigenvalue weighted by Crippen LogP contribution is -2.47. The average Bonchev–Trinajstić information content (AvgIpc) is 3.17. The summed E-state index contributed by atoms with van der Waals surface area (Å²) >= 11 is 7.53. The van der Waals surface area contributed by atoms with Crippen molar-refractivity contribution in [3.63, 3.8) is 0 Å². The smallest absolute Gasteiger partial charge is 0.268 e. The van der Waals surface area contributed by atoms with Gasteiger partial charge in [0.2, 0.25) is 0 Å². The Balaban J connectivity index is 1.36. The Kier molecular flexibility index (Phi) is 4.97. The van der Waals surface area contributed by atoms with Gasteiger partial charge in [0.25, 0.3) is 5.91 Å². The monoisotopic (exact) mass is 436 g/mol. The van der Waals surface area contributed by atoms with Gasteiger partial charge in [0.15, 0.2) is 5.78 Å². The standard InChI is InChI=1S/C24H21ClN2O2S/c1-26-13-18(14-26)22(28)16-4-8-20(9-5-16)27-11-10-17-12-21(30-23(17)24(27)29)15-2-6-19(25)7-3-15/h2-9,12,18H,10-11,13-14H2,1H3. The minimum atomic E-state index is 0.0288. The molecule has 0 unspecified atom stereocenters. The summed E-state index contributed by atoms with van der Waals surface area (Å²) in [6.45, 7) is 2.29. The molecule has 0 saturated carbocycles. The maximum absolute atomic E-state index is 13.2. The highest BCUT2D eigenvalue weighted by atomic mass is 35.5. The number of carbonyl (C=O) groups excluding carboxylic acids is 2. The predicted molar refractivity (Wildman–Crippen MR) is 122 cm³/mol. The number of fused-ring (bicyclic) bond motifs is 1. The average molecular weight is 437 g/mol. The van der Waals surface area contributed by atoms with E-state index >= 15 is 0 Å². The molecule has 4 nitrogen and oxygen atoms in total. The van der Waals surface area contributed by atoms with Crippen LogP contribution in [0.3, 0.4) is 0 Å². The van der Waals surface area contributed by atoms with Gasteiger partial charge < -0.3 is 9.80 Å². The van der Waals surface area contributed by atoms with Crippen LogP contribution in [0.4, 0.5) is 5.69 Å². The second-order valence-corrected chi connectivity index (χ2v) is 9.50. The number of thiophene rings is 1. The minimum Gasteiger partial charge on any atom is -0.307 e. The molecule has 0 bridgehead atoms. The third-order valence-corrected chi connectivity index (χ3v) is 7.35. The summed E-state index contributed by atoms with van der Waals surface area (Å²) in [4.78, 5) is 31.5. The van der Waals surface area contributed by atoms with E-state index in [0.717, 1.165) is 51.6 Å². The van der Waals surface area contributed by atoms with Crippen LogP contribution >= 0.6 is 22.9 Å². The third-order valence-electron chi connectivity index (χ3n) is 5.88. The second-order valence-electron chi connectivity index (χ2n) is 8.01. The molecular formula is C24H21ClN2O2S. The fourth-order valence-corrected chi connectivity index (χ4v) is 5.45. The zero-order chi connectivity index (χ0) is 20.8. The van der Waals surface area contributed by atoms with Crippen molar-refractivity contribution in [2.45, 2.75) is 6.42 Å². The van der Waals surface area contributed by atoms with Crippen molar-refractivity contribution in [1.82, 2.24) is 4.90 Å². The summed E-state index contributed by atoms with van der Waals surface area (Å²) in [6.07, 6.45) is 0.820. The first-order chi connectivity index (χ1) is 14.5. The number of amides is 1. The minimum absolute atomic E-state index is 0.0288. The Bertz CT molecular complexity index is 1120. The summed E-state index contributed by atoms with van der Waals surface area (Å²) in [6, 6.07) is 17.3. The Morgan fingerprint density at radius 2 is 1.77 bits per heavy atom. The summed E-state index contributed by atoms with van der Waals surface area (Å²) in [7, 11) is 2.02. The van der Waals surface area contributed by atoms with Gasteiger partial charge in [-0.3, -0.25) is 9.59 Å². The van der Waals surface area contributed by atoms with E-state index in [-0.39, 0.29) is 17.6 Å². The molecule has 2 aromatic carbocycles. The van der Waals surface area contributed by atoms with Gasteiger partial charge in [0.05, 0.1) is 4.88 Å². The van der Waals surface area contributed by atoms with Crippen LogP contribution < -0.4 is 4.90 Å². The van der Waals surface area contributed by atoms with E-state index in [2.05, 4.69) is 11.0 Å². The molecule has 0 N–H and O–H groups in total.